The Morgan fingerprint density at radius 1 is 1.12 bits per heavy atom. The normalized spacial score (nSPS) is 10.7. The standard InChI is InChI=1S/C25H21ClF4N4O4.CH3Br/c1-37-9-8-32-14-11-19(34-23(35)20-16(25(28,29)30)4-3-5-17(20)26)22(33-12-14)21(31)15-7-6-13(10-18(15)27)24(36)38-2;1-2/h3-7,10-12,31-32H,8-9H2,1-2H3,(H,34,35);1H3. The van der Waals surface area contributed by atoms with Gasteiger partial charge >= 0.3 is 12.1 Å². The molecule has 3 rings (SSSR count). The number of esters is 1. The molecule has 0 radical (unpaired) electrons. The van der Waals surface area contributed by atoms with Gasteiger partial charge in [-0.15, -0.1) is 0 Å². The molecule has 3 N–H and O–H groups in total. The van der Waals surface area contributed by atoms with Crippen molar-refractivity contribution in [2.24, 2.45) is 0 Å². The van der Waals surface area contributed by atoms with Gasteiger partial charge in [0.05, 0.1) is 58.7 Å². The van der Waals surface area contributed by atoms with Crippen LogP contribution in [0.15, 0.2) is 48.7 Å². The highest BCUT2D eigenvalue weighted by molar-refractivity contribution is 9.08. The third kappa shape index (κ3) is 7.99. The largest absolute Gasteiger partial charge is 0.465 e. The van der Waals surface area contributed by atoms with Crippen molar-refractivity contribution >= 4 is 56.5 Å². The van der Waals surface area contributed by atoms with Gasteiger partial charge in [0.2, 0.25) is 0 Å². The smallest absolute Gasteiger partial charge is 0.417 e. The first-order valence-electron chi connectivity index (χ1n) is 11.2. The maximum Gasteiger partial charge on any atom is 0.417 e. The quantitative estimate of drug-likeness (QED) is 0.0813. The number of amides is 1. The predicted octanol–water partition coefficient (Wildman–Crippen LogP) is 6.42. The van der Waals surface area contributed by atoms with Crippen molar-refractivity contribution in [3.63, 3.8) is 0 Å². The van der Waals surface area contributed by atoms with E-state index in [0.29, 0.717) is 24.9 Å². The second kappa shape index (κ2) is 14.7. The summed E-state index contributed by atoms with van der Waals surface area (Å²) in [5.41, 5.74) is -3.07. The van der Waals surface area contributed by atoms with E-state index >= 15 is 0 Å². The highest BCUT2D eigenvalue weighted by Gasteiger charge is 2.36. The molecule has 0 bridgehead atoms. The minimum Gasteiger partial charge on any atom is -0.465 e. The summed E-state index contributed by atoms with van der Waals surface area (Å²) in [7, 11) is 2.61. The van der Waals surface area contributed by atoms with Gasteiger partial charge in [0.1, 0.15) is 11.5 Å². The molecule has 3 aromatic rings. The molecule has 2 aromatic carbocycles. The van der Waals surface area contributed by atoms with Crippen LogP contribution in [-0.2, 0) is 15.7 Å². The van der Waals surface area contributed by atoms with Gasteiger partial charge in [-0.2, -0.15) is 13.2 Å². The van der Waals surface area contributed by atoms with Gasteiger partial charge in [-0.3, -0.25) is 15.2 Å². The zero-order chi connectivity index (χ0) is 30.0. The Balaban J connectivity index is 0.00000274. The number of rotatable bonds is 9. The number of halogens is 6. The molecule has 0 aliphatic carbocycles. The summed E-state index contributed by atoms with van der Waals surface area (Å²) in [6, 6.07) is 7.49. The topological polar surface area (TPSA) is 113 Å². The highest BCUT2D eigenvalue weighted by Crippen LogP contribution is 2.35. The van der Waals surface area contributed by atoms with E-state index in [9.17, 15) is 27.2 Å². The SMILES string of the molecule is CBr.COCCNc1cnc(C(=N)c2ccc(C(=O)OC)cc2F)c(NC(=O)c2c(Cl)cccc2C(F)(F)F)c1. The lowest BCUT2D eigenvalue weighted by molar-refractivity contribution is -0.137. The Morgan fingerprint density at radius 2 is 1.82 bits per heavy atom. The van der Waals surface area contributed by atoms with Crippen molar-refractivity contribution in [2.45, 2.75) is 6.18 Å². The van der Waals surface area contributed by atoms with E-state index in [1.165, 1.54) is 25.4 Å². The molecule has 14 heteroatoms. The number of nitrogens with one attached hydrogen (secondary N) is 3. The molecule has 8 nitrogen and oxygen atoms in total. The molecule has 0 atom stereocenters. The van der Waals surface area contributed by atoms with Gasteiger partial charge in [0, 0.05) is 19.2 Å². The summed E-state index contributed by atoms with van der Waals surface area (Å²) in [5.74, 6) is -1.15. The maximum atomic E-state index is 14.8. The molecule has 0 saturated heterocycles. The fourth-order valence-electron chi connectivity index (χ4n) is 3.42. The summed E-state index contributed by atoms with van der Waals surface area (Å²) in [5, 5.41) is 13.4. The highest BCUT2D eigenvalue weighted by atomic mass is 79.9. The lowest BCUT2D eigenvalue weighted by Crippen LogP contribution is -2.21. The maximum absolute atomic E-state index is 14.8. The van der Waals surface area contributed by atoms with Gasteiger partial charge in [0.25, 0.3) is 5.91 Å². The Labute approximate surface area is 240 Å². The summed E-state index contributed by atoms with van der Waals surface area (Å²) in [6.07, 6.45) is -3.58. The molecule has 0 spiro atoms. The first kappa shape index (κ1) is 32.7. The molecule has 0 unspecified atom stereocenters. The van der Waals surface area contributed by atoms with Gasteiger partial charge in [-0.1, -0.05) is 33.6 Å². The molecule has 1 heterocycles. The lowest BCUT2D eigenvalue weighted by Gasteiger charge is -2.17. The number of nitrogens with zero attached hydrogens (tertiary/aromatic N) is 1. The van der Waals surface area contributed by atoms with Crippen molar-refractivity contribution in [3.05, 3.63) is 87.4 Å². The average molecular weight is 648 g/mol. The number of carbonyl (C=O) groups excluding carboxylic acids is 2. The second-order valence-corrected chi connectivity index (χ2v) is 8.12. The second-order valence-electron chi connectivity index (χ2n) is 7.72. The lowest BCUT2D eigenvalue weighted by atomic mass is 10.0. The fourth-order valence-corrected chi connectivity index (χ4v) is 3.68. The Hall–Kier alpha value is -3.55. The summed E-state index contributed by atoms with van der Waals surface area (Å²) >= 11 is 8.89. The summed E-state index contributed by atoms with van der Waals surface area (Å²) in [4.78, 5) is 28.9. The van der Waals surface area contributed by atoms with E-state index in [4.69, 9.17) is 21.7 Å². The Bertz CT molecular complexity index is 1390. The molecular formula is C26H24BrClF4N4O4. The van der Waals surface area contributed by atoms with Crippen LogP contribution in [0.25, 0.3) is 0 Å². The Morgan fingerprint density at radius 3 is 2.42 bits per heavy atom. The summed E-state index contributed by atoms with van der Waals surface area (Å²) in [6.45, 7) is 0.639. The third-order valence-corrected chi connectivity index (χ3v) is 5.53. The van der Waals surface area contributed by atoms with E-state index in [1.54, 1.807) is 0 Å². The van der Waals surface area contributed by atoms with E-state index in [-0.39, 0.29) is 22.5 Å². The van der Waals surface area contributed by atoms with Crippen molar-refractivity contribution < 1.29 is 36.6 Å². The molecule has 1 amide bonds. The van der Waals surface area contributed by atoms with Crippen molar-refractivity contribution in [3.8, 4) is 0 Å². The molecule has 214 valence electrons. The van der Waals surface area contributed by atoms with Crippen molar-refractivity contribution in [1.29, 1.82) is 5.41 Å². The number of ether oxygens (including phenoxy) is 2. The number of aromatic nitrogens is 1. The van der Waals surface area contributed by atoms with Crippen LogP contribution in [0.4, 0.5) is 28.9 Å². The number of hydrogen-bond acceptors (Lipinski definition) is 7. The monoisotopic (exact) mass is 646 g/mol. The zero-order valence-electron chi connectivity index (χ0n) is 21.4. The van der Waals surface area contributed by atoms with E-state index in [1.807, 2.05) is 5.83 Å². The predicted molar refractivity (Wildman–Crippen MR) is 148 cm³/mol. The number of methoxy groups -OCH3 is 2. The van der Waals surface area contributed by atoms with Crippen LogP contribution in [0.1, 0.15) is 37.5 Å². The van der Waals surface area contributed by atoms with Gasteiger partial charge in [-0.25, -0.2) is 9.18 Å². The number of carbonyl (C=O) groups is 2. The van der Waals surface area contributed by atoms with Gasteiger partial charge in [-0.05, 0) is 42.2 Å². The van der Waals surface area contributed by atoms with E-state index in [0.717, 1.165) is 31.4 Å². The number of anilines is 2. The van der Waals surface area contributed by atoms with Crippen LogP contribution < -0.4 is 10.6 Å². The van der Waals surface area contributed by atoms with Gasteiger partial charge < -0.3 is 20.1 Å². The van der Waals surface area contributed by atoms with Crippen molar-refractivity contribution in [1.82, 2.24) is 4.98 Å². The fraction of sp³-hybridized carbons (Fsp3) is 0.231. The number of alkyl halides is 4. The number of hydrogen-bond donors (Lipinski definition) is 3. The molecule has 40 heavy (non-hydrogen) atoms. The van der Waals surface area contributed by atoms with Gasteiger partial charge in [0.15, 0.2) is 0 Å². The van der Waals surface area contributed by atoms with E-state index < -0.39 is 45.7 Å². The number of pyridine rings is 1. The molecule has 1 aromatic heterocycles. The minimum atomic E-state index is -4.88. The Kier molecular flexibility index (Phi) is 12.0. The zero-order valence-corrected chi connectivity index (χ0v) is 23.7. The van der Waals surface area contributed by atoms with Crippen LogP contribution in [-0.4, -0.2) is 55.8 Å². The third-order valence-electron chi connectivity index (χ3n) is 5.21. The van der Waals surface area contributed by atoms with Crippen LogP contribution in [0, 0.1) is 11.2 Å². The molecule has 0 aliphatic rings. The minimum absolute atomic E-state index is 0.0980. The number of benzene rings is 2. The van der Waals surface area contributed by atoms with E-state index in [2.05, 4.69) is 36.3 Å². The molecule has 0 saturated carbocycles. The average Bonchev–Trinajstić information content (AvgIpc) is 2.93. The van der Waals surface area contributed by atoms with Crippen LogP contribution in [0.3, 0.4) is 0 Å². The van der Waals surface area contributed by atoms with Crippen LogP contribution in [0.5, 0.6) is 0 Å². The molecule has 0 fully saturated rings. The summed E-state index contributed by atoms with van der Waals surface area (Å²) < 4.78 is 65.1. The van der Waals surface area contributed by atoms with Crippen LogP contribution >= 0.6 is 27.5 Å². The molecule has 0 aliphatic heterocycles. The first-order valence-corrected chi connectivity index (χ1v) is 13.2. The molecular weight excluding hydrogens is 624 g/mol. The first-order chi connectivity index (χ1) is 19.0. The van der Waals surface area contributed by atoms with Crippen molar-refractivity contribution in [2.75, 3.05) is 43.8 Å². The van der Waals surface area contributed by atoms with Crippen LogP contribution in [0.2, 0.25) is 5.02 Å².